The highest BCUT2D eigenvalue weighted by Gasteiger charge is 2.79. The van der Waals surface area contributed by atoms with E-state index in [2.05, 4.69) is 11.7 Å². The maximum absolute atomic E-state index is 12.5. The van der Waals surface area contributed by atoms with Crippen LogP contribution in [0.3, 0.4) is 0 Å². The van der Waals surface area contributed by atoms with Gasteiger partial charge in [-0.1, -0.05) is 0 Å². The van der Waals surface area contributed by atoms with Crippen molar-refractivity contribution in [2.45, 2.75) is 30.3 Å². The first-order valence-electron chi connectivity index (χ1n) is 3.99. The van der Waals surface area contributed by atoms with E-state index in [0.717, 1.165) is 0 Å². The zero-order chi connectivity index (χ0) is 15.0. The van der Waals surface area contributed by atoms with Crippen molar-refractivity contribution in [3.05, 3.63) is 6.92 Å². The van der Waals surface area contributed by atoms with E-state index in [9.17, 15) is 43.9 Å². The third kappa shape index (κ3) is 2.81. The molecule has 0 amide bonds. The predicted molar refractivity (Wildman–Crippen MR) is 37.1 cm³/mol. The Hall–Kier alpha value is -0.740. The van der Waals surface area contributed by atoms with Crippen molar-refractivity contribution in [3.63, 3.8) is 0 Å². The maximum atomic E-state index is 12.5. The summed E-state index contributed by atoms with van der Waals surface area (Å²) in [4.78, 5) is 0. The molecule has 0 aliphatic carbocycles. The first-order valence-corrected chi connectivity index (χ1v) is 3.99. The molecule has 1 radical (unpaired) electrons. The fourth-order valence-electron chi connectivity index (χ4n) is 0.768. The van der Waals surface area contributed by atoms with E-state index < -0.39 is 36.9 Å². The van der Waals surface area contributed by atoms with Crippen LogP contribution in [0, 0.1) is 6.92 Å². The predicted octanol–water partition coefficient (Wildman–Crippen LogP) is 3.60. The van der Waals surface area contributed by atoms with Crippen molar-refractivity contribution in [2.24, 2.45) is 0 Å². The number of halogens is 10. The van der Waals surface area contributed by atoms with Gasteiger partial charge in [0.2, 0.25) is 0 Å². The van der Waals surface area contributed by atoms with E-state index in [-0.39, 0.29) is 0 Å². The van der Waals surface area contributed by atoms with Crippen LogP contribution in [0.2, 0.25) is 0 Å². The second-order valence-electron chi connectivity index (χ2n) is 2.97. The number of hydrogen-bond donors (Lipinski definition) is 0. The Kier molecular flexibility index (Phi) is 4.55. The lowest BCUT2D eigenvalue weighted by Gasteiger charge is -2.32. The van der Waals surface area contributed by atoms with E-state index in [0.29, 0.717) is 0 Å². The standard InChI is InChI=1S/C7H5F10O/c1-2-18-5(11,12)3(8)4(9,10)6(13,14)7(15,16)17/h3H,1-2H2. The highest BCUT2D eigenvalue weighted by atomic mass is 19.4. The first kappa shape index (κ1) is 17.3. The zero-order valence-electron chi connectivity index (χ0n) is 8.18. The van der Waals surface area contributed by atoms with Crippen molar-refractivity contribution in [2.75, 3.05) is 6.61 Å². The molecule has 0 heterocycles. The summed E-state index contributed by atoms with van der Waals surface area (Å²) in [6, 6.07) is 0. The molecule has 0 aromatic heterocycles. The molecule has 0 spiro atoms. The van der Waals surface area contributed by atoms with E-state index >= 15 is 0 Å². The van der Waals surface area contributed by atoms with Crippen LogP contribution in [0.25, 0.3) is 0 Å². The average molecular weight is 295 g/mol. The Labute approximate surface area is 93.7 Å². The van der Waals surface area contributed by atoms with Crippen molar-refractivity contribution in [1.82, 2.24) is 0 Å². The van der Waals surface area contributed by atoms with Gasteiger partial charge in [-0.2, -0.15) is 39.5 Å². The average Bonchev–Trinajstić information content (AvgIpc) is 2.14. The number of hydrogen-bond acceptors (Lipinski definition) is 1. The molecule has 1 nitrogen and oxygen atoms in total. The SMILES string of the molecule is [CH2]COC(F)(F)C(F)C(F)(F)C(F)(F)C(F)(F)F. The van der Waals surface area contributed by atoms with Gasteiger partial charge in [0.25, 0.3) is 6.17 Å². The molecule has 11 heteroatoms. The largest absolute Gasteiger partial charge is 0.459 e. The van der Waals surface area contributed by atoms with E-state index in [4.69, 9.17) is 0 Å². The molecule has 1 unspecified atom stereocenters. The van der Waals surface area contributed by atoms with Crippen LogP contribution >= 0.6 is 0 Å². The minimum atomic E-state index is -6.98. The molecule has 0 saturated carbocycles. The summed E-state index contributed by atoms with van der Waals surface area (Å²) in [7, 11) is 0. The van der Waals surface area contributed by atoms with Gasteiger partial charge in [0.05, 0.1) is 6.61 Å². The lowest BCUT2D eigenvalue weighted by atomic mass is 10.1. The van der Waals surface area contributed by atoms with Gasteiger partial charge in [-0.3, -0.25) is 0 Å². The molecule has 0 N–H and O–H groups in total. The Morgan fingerprint density at radius 1 is 0.889 bits per heavy atom. The molecule has 0 aliphatic rings. The second-order valence-corrected chi connectivity index (χ2v) is 2.97. The van der Waals surface area contributed by atoms with Gasteiger partial charge in [0.1, 0.15) is 0 Å². The fraction of sp³-hybridized carbons (Fsp3) is 0.857. The van der Waals surface area contributed by atoms with Crippen LogP contribution in [0.15, 0.2) is 0 Å². The second kappa shape index (κ2) is 4.74. The van der Waals surface area contributed by atoms with Crippen LogP contribution < -0.4 is 0 Å². The lowest BCUT2D eigenvalue weighted by molar-refractivity contribution is -0.397. The summed E-state index contributed by atoms with van der Waals surface area (Å²) in [5.41, 5.74) is 0. The summed E-state index contributed by atoms with van der Waals surface area (Å²) in [6.07, 6.45) is -17.6. The minimum Gasteiger partial charge on any atom is -0.318 e. The van der Waals surface area contributed by atoms with Crippen LogP contribution in [-0.4, -0.2) is 36.9 Å². The molecule has 0 bridgehead atoms. The van der Waals surface area contributed by atoms with Crippen LogP contribution in [-0.2, 0) is 4.74 Å². The first-order chi connectivity index (χ1) is 7.72. The molecule has 1 atom stereocenters. The highest BCUT2D eigenvalue weighted by Crippen LogP contribution is 2.51. The maximum Gasteiger partial charge on any atom is 0.459 e. The normalized spacial score (nSPS) is 16.8. The lowest BCUT2D eigenvalue weighted by Crippen LogP contribution is -2.61. The topological polar surface area (TPSA) is 9.23 Å². The monoisotopic (exact) mass is 295 g/mol. The molecule has 0 fully saturated rings. The van der Waals surface area contributed by atoms with Crippen molar-refractivity contribution >= 4 is 0 Å². The molecule has 109 valence electrons. The zero-order valence-corrected chi connectivity index (χ0v) is 8.18. The molecule has 0 aromatic rings. The van der Waals surface area contributed by atoms with E-state index in [1.54, 1.807) is 0 Å². The summed E-state index contributed by atoms with van der Waals surface area (Å²) in [6.45, 7) is 1.20. The Morgan fingerprint density at radius 3 is 1.56 bits per heavy atom. The van der Waals surface area contributed by atoms with E-state index in [1.165, 1.54) is 0 Å². The van der Waals surface area contributed by atoms with Gasteiger partial charge < -0.3 is 4.74 Å². The molecule has 0 aromatic carbocycles. The Bertz CT molecular complexity index is 282. The van der Waals surface area contributed by atoms with Crippen molar-refractivity contribution in [3.8, 4) is 0 Å². The summed E-state index contributed by atoms with van der Waals surface area (Å²) in [5.74, 6) is -13.7. The minimum absolute atomic E-state index is 1.32. The molecule has 0 aliphatic heterocycles. The van der Waals surface area contributed by atoms with Gasteiger partial charge in [0, 0.05) is 0 Å². The van der Waals surface area contributed by atoms with Gasteiger partial charge in [-0.15, -0.1) is 0 Å². The smallest absolute Gasteiger partial charge is 0.318 e. The van der Waals surface area contributed by atoms with Crippen LogP contribution in [0.4, 0.5) is 43.9 Å². The van der Waals surface area contributed by atoms with Gasteiger partial charge >= 0.3 is 24.1 Å². The third-order valence-electron chi connectivity index (χ3n) is 1.68. The number of ether oxygens (including phenoxy) is 1. The molecule has 0 rings (SSSR count). The number of alkyl halides is 10. The summed E-state index contributed by atoms with van der Waals surface area (Å²) >= 11 is 0. The summed E-state index contributed by atoms with van der Waals surface area (Å²) < 4.78 is 124. The molecule has 18 heavy (non-hydrogen) atoms. The van der Waals surface area contributed by atoms with Crippen molar-refractivity contribution in [1.29, 1.82) is 0 Å². The Balaban J connectivity index is 5.39. The quantitative estimate of drug-likeness (QED) is 0.704. The highest BCUT2D eigenvalue weighted by molar-refractivity contribution is 4.98. The summed E-state index contributed by atoms with van der Waals surface area (Å²) in [5, 5.41) is 0. The van der Waals surface area contributed by atoms with Gasteiger partial charge in [-0.05, 0) is 6.92 Å². The third-order valence-corrected chi connectivity index (χ3v) is 1.68. The number of rotatable bonds is 5. The van der Waals surface area contributed by atoms with Crippen molar-refractivity contribution < 1.29 is 48.6 Å². The van der Waals surface area contributed by atoms with Gasteiger partial charge in [0.15, 0.2) is 0 Å². The van der Waals surface area contributed by atoms with Crippen LogP contribution in [0.5, 0.6) is 0 Å². The molecular formula is C7H5F10O. The molecule has 0 saturated heterocycles. The van der Waals surface area contributed by atoms with Crippen LogP contribution in [0.1, 0.15) is 0 Å². The van der Waals surface area contributed by atoms with E-state index in [1.807, 2.05) is 0 Å². The van der Waals surface area contributed by atoms with Gasteiger partial charge in [-0.25, -0.2) is 4.39 Å². The fourth-order valence-corrected chi connectivity index (χ4v) is 0.768. The molecular weight excluding hydrogens is 290 g/mol. The Morgan fingerprint density at radius 2 is 1.28 bits per heavy atom.